The van der Waals surface area contributed by atoms with Crippen molar-refractivity contribution in [3.63, 3.8) is 0 Å². The first-order chi connectivity index (χ1) is 49.9. The number of carbonyl (C=O) groups excluding carboxylic acids is 9. The number of esters is 1. The highest BCUT2D eigenvalue weighted by Gasteiger charge is 2.49. The molecular formula is C69H86N16O17S3. The van der Waals surface area contributed by atoms with Gasteiger partial charge in [-0.15, -0.1) is 0 Å². The molecule has 0 radical (unpaired) electrons. The van der Waals surface area contributed by atoms with E-state index in [0.717, 1.165) is 51.4 Å². The molecule has 0 saturated heterocycles. The van der Waals surface area contributed by atoms with Crippen LogP contribution in [0.1, 0.15) is 139 Å². The number of carboxylic acids is 1. The number of ketones is 2. The number of anilines is 2. The van der Waals surface area contributed by atoms with Crippen molar-refractivity contribution in [3.8, 4) is 0 Å². The van der Waals surface area contributed by atoms with E-state index in [1.54, 1.807) is 31.2 Å². The number of carbonyl (C=O) groups is 10. The lowest BCUT2D eigenvalue weighted by atomic mass is 9.82. The second-order valence-corrected chi connectivity index (χ2v) is 30.3. The van der Waals surface area contributed by atoms with Gasteiger partial charge in [-0.25, -0.2) is 19.6 Å². The van der Waals surface area contributed by atoms with E-state index in [2.05, 4.69) is 81.0 Å². The minimum Gasteiger partial charge on any atom is -0.480 e. The van der Waals surface area contributed by atoms with Crippen LogP contribution in [0.15, 0.2) is 50.9 Å². The Balaban J connectivity index is 0.733. The molecule has 2 unspecified atom stereocenters. The van der Waals surface area contributed by atoms with E-state index in [1.807, 2.05) is 32.9 Å². The summed E-state index contributed by atoms with van der Waals surface area (Å²) in [6.07, 6.45) is 6.06. The van der Waals surface area contributed by atoms with Crippen LogP contribution in [0, 0.1) is 43.4 Å². The van der Waals surface area contributed by atoms with Crippen molar-refractivity contribution in [1.29, 1.82) is 0 Å². The minimum absolute atomic E-state index is 0.0114. The average molecular weight is 1510 g/mol. The number of benzene rings is 1. The van der Waals surface area contributed by atoms with Gasteiger partial charge in [0.15, 0.2) is 22.7 Å². The number of nitrogen functional groups attached to an aromatic ring is 1. The molecule has 0 saturated carbocycles. The summed E-state index contributed by atoms with van der Waals surface area (Å²) in [6.45, 7) is 12.6. The van der Waals surface area contributed by atoms with Gasteiger partial charge in [-0.2, -0.15) is 13.4 Å². The highest BCUT2D eigenvalue weighted by atomic mass is 33.1. The highest BCUT2D eigenvalue weighted by Crippen LogP contribution is 2.49. The third-order valence-electron chi connectivity index (χ3n) is 18.8. The van der Waals surface area contributed by atoms with E-state index in [9.17, 15) is 66.3 Å². The van der Waals surface area contributed by atoms with Crippen molar-refractivity contribution in [2.45, 2.75) is 131 Å². The predicted molar refractivity (Wildman–Crippen MR) is 393 cm³/mol. The summed E-state index contributed by atoms with van der Waals surface area (Å²) in [4.78, 5) is 178. The standard InChI is InChI=1S/C69H86N16O17S3/c1-9-10-41-33(3)43-27-48-54(37(7)86)35(5)45(79-48)25-44-34(4)42(58(81-44)56-57(67(96)101-8)61(90)55-36(6)46(82-59(55)56)26-47(41)78-43)16-18-51(87)71-19-20-73-69(97)102-22-23-103-104-31-50(66(94)95)83-64(92)49(28-53(89)72-21-24-105(98,99)100)80-52(88)17-11-32(2)76-63(91)38-12-14-39(15-13-38)74-29-40-30-75-62-60(77-40)65(93)85-68(70)84-62/h12-15,25,27,30,32-34,41-42,47,49-50,57,74,79,82H,9-11,16-24,26,28-29,31H2,1-8H3,(H,71,87)(H,72,89)(H,73,97)(H,76,91)(H,80,88)(H,83,92)(H,94,95)(H,98,99,100)(H3,70,75,84,85,93)/b45-25-,48-27-,58-56-/t32-,33-,34+,41-,42+,47?,49+,50+,57?/m1/s1. The van der Waals surface area contributed by atoms with Crippen LogP contribution in [0.4, 0.5) is 16.4 Å². The van der Waals surface area contributed by atoms with Crippen LogP contribution in [0.5, 0.6) is 0 Å². The number of aromatic nitrogens is 6. The lowest BCUT2D eigenvalue weighted by Crippen LogP contribution is -2.53. The van der Waals surface area contributed by atoms with Gasteiger partial charge >= 0.3 is 18.0 Å². The van der Waals surface area contributed by atoms with E-state index < -0.39 is 112 Å². The lowest BCUT2D eigenvalue weighted by Gasteiger charge is -2.22. The Morgan fingerprint density at radius 2 is 1.55 bits per heavy atom. The number of methoxy groups -OCH3 is 1. The number of nitrogens with zero attached hydrogens (tertiary/aromatic N) is 5. The molecule has 5 aromatic rings. The number of fused-ring (bicyclic) bond motifs is 6. The molecule has 4 aromatic heterocycles. The quantitative estimate of drug-likeness (QED) is 0.00717. The number of nitrogens with one attached hydrogen (secondary N) is 10. The zero-order chi connectivity index (χ0) is 76.1. The number of amides is 6. The summed E-state index contributed by atoms with van der Waals surface area (Å²) < 4.78 is 42.2. The van der Waals surface area contributed by atoms with Crippen molar-refractivity contribution in [2.75, 3.05) is 61.7 Å². The predicted octanol–water partition coefficient (Wildman–Crippen LogP) is 2.53. The molecule has 14 N–H and O–H groups in total. The summed E-state index contributed by atoms with van der Waals surface area (Å²) in [5.41, 5.74) is 12.5. The fourth-order valence-electron chi connectivity index (χ4n) is 13.3. The topological polar surface area (TPSA) is 502 Å². The normalized spacial score (nSPS) is 20.2. The number of aromatic amines is 3. The molecule has 562 valence electrons. The average Bonchev–Trinajstić information content (AvgIpc) is 1.56. The van der Waals surface area contributed by atoms with Crippen LogP contribution in [0.3, 0.4) is 0 Å². The van der Waals surface area contributed by atoms with Crippen LogP contribution in [0.2, 0.25) is 0 Å². The second kappa shape index (κ2) is 35.1. The van der Waals surface area contributed by atoms with Crippen molar-refractivity contribution < 1.29 is 75.5 Å². The minimum atomic E-state index is -4.48. The Bertz CT molecular complexity index is 4650. The van der Waals surface area contributed by atoms with Crippen molar-refractivity contribution in [1.82, 2.24) is 61.8 Å². The first kappa shape index (κ1) is 79.1. The number of hydrogen-bond acceptors (Lipinski definition) is 24. The molecule has 0 spiro atoms. The van der Waals surface area contributed by atoms with Gasteiger partial charge in [-0.05, 0) is 100 Å². The molecule has 9 atom stereocenters. The van der Waals surface area contributed by atoms with Gasteiger partial charge in [-0.1, -0.05) is 48.8 Å². The first-order valence-corrected chi connectivity index (χ1v) is 38.3. The van der Waals surface area contributed by atoms with Gasteiger partial charge in [0.05, 0.1) is 60.5 Å². The summed E-state index contributed by atoms with van der Waals surface area (Å²) >= 11 is 0. The van der Waals surface area contributed by atoms with Gasteiger partial charge in [0.25, 0.3) is 21.6 Å². The van der Waals surface area contributed by atoms with E-state index in [4.69, 9.17) is 29.7 Å². The molecule has 1 aliphatic carbocycles. The molecule has 9 rings (SSSR count). The van der Waals surface area contributed by atoms with Gasteiger partial charge in [0, 0.05) is 125 Å². The Labute approximate surface area is 610 Å². The summed E-state index contributed by atoms with van der Waals surface area (Å²) in [5.74, 6) is -9.24. The van der Waals surface area contributed by atoms with Crippen molar-refractivity contribution >= 4 is 143 Å². The number of allylic oxidation sites excluding steroid dienone is 1. The maximum atomic E-state index is 14.6. The van der Waals surface area contributed by atoms with Gasteiger partial charge in [0.1, 0.15) is 24.6 Å². The Morgan fingerprint density at radius 1 is 0.829 bits per heavy atom. The Morgan fingerprint density at radius 3 is 2.26 bits per heavy atom. The summed E-state index contributed by atoms with van der Waals surface area (Å²) in [6, 6.07) is 2.41. The van der Waals surface area contributed by atoms with E-state index in [0.29, 0.717) is 67.9 Å². The monoisotopic (exact) mass is 1510 g/mol. The summed E-state index contributed by atoms with van der Waals surface area (Å²) in [7, 11) is -1.14. The number of Topliss-reactive ketones (excluding diaryl/α,β-unsaturated/α-hetero) is 2. The molecule has 0 fully saturated rings. The molecule has 36 heteroatoms. The Kier molecular flexibility index (Phi) is 26.5. The number of rotatable bonds is 33. The fraction of sp³-hybridized carbons (Fsp3) is 0.478. The second-order valence-electron chi connectivity index (χ2n) is 26.1. The fourth-order valence-corrected chi connectivity index (χ4v) is 15.6. The number of H-pyrrole nitrogens is 3. The summed E-state index contributed by atoms with van der Waals surface area (Å²) in [5, 5.41) is 29.6. The van der Waals surface area contributed by atoms with Gasteiger partial charge in [0.2, 0.25) is 29.6 Å². The van der Waals surface area contributed by atoms with Crippen LogP contribution in [-0.2, 0) is 61.3 Å². The smallest absolute Gasteiger partial charge is 0.407 e. The molecule has 6 amide bonds. The first-order valence-electron chi connectivity index (χ1n) is 34.2. The number of ether oxygens (including phenoxy) is 2. The van der Waals surface area contributed by atoms with E-state index in [1.165, 1.54) is 20.2 Å². The number of alkyl carbamates (subject to hydrolysis) is 1. The maximum Gasteiger partial charge on any atom is 0.407 e. The third-order valence-corrected chi connectivity index (χ3v) is 21.9. The van der Waals surface area contributed by atoms with Gasteiger partial charge < -0.3 is 67.5 Å². The maximum absolute atomic E-state index is 14.6. The third kappa shape index (κ3) is 19.9. The molecular weight excluding hydrogens is 1420 g/mol. The van der Waals surface area contributed by atoms with Crippen LogP contribution < -0.4 is 59.2 Å². The van der Waals surface area contributed by atoms with Crippen molar-refractivity contribution in [2.24, 2.45) is 39.6 Å². The molecule has 1 aromatic carbocycles. The van der Waals surface area contributed by atoms with Crippen LogP contribution in [-0.4, -0.2) is 193 Å². The Hall–Kier alpha value is -10.1. The molecule has 33 nitrogen and oxygen atoms in total. The van der Waals surface area contributed by atoms with Crippen molar-refractivity contribution in [3.05, 3.63) is 102 Å². The van der Waals surface area contributed by atoms with E-state index in [-0.39, 0.29) is 122 Å². The number of carboxylic acid groups (broad SMARTS) is 1. The van der Waals surface area contributed by atoms with Crippen LogP contribution >= 0.6 is 21.6 Å². The molecule has 7 heterocycles. The largest absolute Gasteiger partial charge is 0.480 e. The number of hydrogen-bond donors (Lipinski definition) is 13. The number of nitrogens with two attached hydrogens (primary N) is 1. The lowest BCUT2D eigenvalue weighted by molar-refractivity contribution is -0.142. The molecule has 3 aliphatic heterocycles. The zero-order valence-electron chi connectivity index (χ0n) is 59.1. The molecule has 4 aliphatic rings. The SMILES string of the molecule is CCC[C@H]1C2Cc3[nH]c4c(c3C)C(=O)C(C(=O)OC)/C4=C3N=C(/C=c4\[nH]/c(c(C(C)=O)c4C)=C\C(=N2)[C@@H]1C)[C@@H](C)[C@@H]/3CCC(=O)NCCNC(=O)OCCSSC[C@H](NC(=O)[C@H](CC(=O)NCCS(=O)(=O)O)NC(=O)CC[C@@H](C)NC(=O)c1ccc(NCc2cnc3nc(N)[nH]c(=O)c3n2)cc1)C(=O)O. The molecule has 105 heavy (non-hydrogen) atoms. The van der Waals surface area contributed by atoms with Crippen LogP contribution in [0.25, 0.3) is 28.9 Å². The van der Waals surface area contributed by atoms with Gasteiger partial charge in [-0.3, -0.25) is 62.7 Å². The number of aliphatic carboxylic acids is 1. The zero-order valence-corrected chi connectivity index (χ0v) is 61.6. The highest BCUT2D eigenvalue weighted by molar-refractivity contribution is 8.76. The molecule has 8 bridgehead atoms. The number of aliphatic imine (C=N–C) groups is 2. The van der Waals surface area contributed by atoms with E-state index >= 15 is 0 Å².